The highest BCUT2D eigenvalue weighted by atomic mass is 16.5. The van der Waals surface area contributed by atoms with Gasteiger partial charge in [0.2, 0.25) is 0 Å². The standard InChI is InChI=1S/C17H17NO/c1-14-7-8-17-15(13-14)9-10-18(17)11-12-19-16-5-3-2-4-6-16/h2-10,13H,11-12H2,1H3. The lowest BCUT2D eigenvalue weighted by atomic mass is 10.2. The fourth-order valence-corrected chi connectivity index (χ4v) is 2.29. The van der Waals surface area contributed by atoms with Crippen LogP contribution in [0, 0.1) is 6.92 Å². The van der Waals surface area contributed by atoms with E-state index in [1.54, 1.807) is 0 Å². The summed E-state index contributed by atoms with van der Waals surface area (Å²) in [6.45, 7) is 3.67. The largest absolute Gasteiger partial charge is 0.492 e. The summed E-state index contributed by atoms with van der Waals surface area (Å²) >= 11 is 0. The van der Waals surface area contributed by atoms with E-state index in [1.165, 1.54) is 16.5 Å². The highest BCUT2D eigenvalue weighted by molar-refractivity contribution is 5.80. The van der Waals surface area contributed by atoms with Crippen LogP contribution in [0.25, 0.3) is 10.9 Å². The van der Waals surface area contributed by atoms with Crippen molar-refractivity contribution in [3.05, 3.63) is 66.4 Å². The molecule has 0 saturated carbocycles. The Morgan fingerprint density at radius 2 is 1.84 bits per heavy atom. The van der Waals surface area contributed by atoms with E-state index in [4.69, 9.17) is 4.74 Å². The molecule has 0 fully saturated rings. The third-order valence-corrected chi connectivity index (χ3v) is 3.27. The van der Waals surface area contributed by atoms with Gasteiger partial charge in [0.05, 0.1) is 6.54 Å². The van der Waals surface area contributed by atoms with Gasteiger partial charge in [0.1, 0.15) is 12.4 Å². The van der Waals surface area contributed by atoms with E-state index in [-0.39, 0.29) is 0 Å². The van der Waals surface area contributed by atoms with E-state index in [0.29, 0.717) is 6.61 Å². The van der Waals surface area contributed by atoms with Crippen LogP contribution in [0.4, 0.5) is 0 Å². The zero-order chi connectivity index (χ0) is 13.1. The Hall–Kier alpha value is -2.22. The number of benzene rings is 2. The van der Waals surface area contributed by atoms with Crippen LogP contribution in [0.15, 0.2) is 60.8 Å². The third-order valence-electron chi connectivity index (χ3n) is 3.27. The Labute approximate surface area is 113 Å². The molecule has 0 N–H and O–H groups in total. The molecule has 96 valence electrons. The Kier molecular flexibility index (Phi) is 3.23. The minimum Gasteiger partial charge on any atom is -0.492 e. The molecule has 0 unspecified atom stereocenters. The number of aromatic nitrogens is 1. The molecule has 0 radical (unpaired) electrons. The molecule has 0 atom stereocenters. The van der Waals surface area contributed by atoms with Crippen LogP contribution in [0.3, 0.4) is 0 Å². The second kappa shape index (κ2) is 5.19. The average molecular weight is 251 g/mol. The van der Waals surface area contributed by atoms with Crippen molar-refractivity contribution in [3.63, 3.8) is 0 Å². The van der Waals surface area contributed by atoms with Crippen molar-refractivity contribution < 1.29 is 4.74 Å². The molecule has 0 spiro atoms. The van der Waals surface area contributed by atoms with Crippen molar-refractivity contribution in [1.82, 2.24) is 4.57 Å². The Morgan fingerprint density at radius 3 is 2.68 bits per heavy atom. The molecule has 0 aliphatic rings. The molecule has 2 aromatic carbocycles. The van der Waals surface area contributed by atoms with Gasteiger partial charge in [0.25, 0.3) is 0 Å². The topological polar surface area (TPSA) is 14.2 Å². The van der Waals surface area contributed by atoms with Gasteiger partial charge in [0, 0.05) is 11.7 Å². The summed E-state index contributed by atoms with van der Waals surface area (Å²) in [4.78, 5) is 0. The second-order valence-electron chi connectivity index (χ2n) is 4.73. The Balaban J connectivity index is 1.69. The third kappa shape index (κ3) is 2.63. The first-order valence-electron chi connectivity index (χ1n) is 6.56. The smallest absolute Gasteiger partial charge is 0.119 e. The van der Waals surface area contributed by atoms with Gasteiger partial charge in [-0.25, -0.2) is 0 Å². The van der Waals surface area contributed by atoms with Crippen molar-refractivity contribution in [1.29, 1.82) is 0 Å². The monoisotopic (exact) mass is 251 g/mol. The van der Waals surface area contributed by atoms with E-state index in [1.807, 2.05) is 30.3 Å². The number of fused-ring (bicyclic) bond motifs is 1. The molecule has 0 saturated heterocycles. The molecule has 0 aliphatic heterocycles. The molecule has 19 heavy (non-hydrogen) atoms. The summed E-state index contributed by atoms with van der Waals surface area (Å²) in [6, 6.07) is 18.6. The molecule has 0 bridgehead atoms. The molecule has 3 aromatic rings. The van der Waals surface area contributed by atoms with Gasteiger partial charge in [-0.1, -0.05) is 29.8 Å². The summed E-state index contributed by atoms with van der Waals surface area (Å²) < 4.78 is 7.96. The maximum Gasteiger partial charge on any atom is 0.119 e. The maximum atomic E-state index is 5.73. The Bertz CT molecular complexity index is 670. The predicted octanol–water partition coefficient (Wildman–Crippen LogP) is 4.03. The number of rotatable bonds is 4. The summed E-state index contributed by atoms with van der Waals surface area (Å²) in [6.07, 6.45) is 2.12. The molecular formula is C17H17NO. The Morgan fingerprint density at radius 1 is 1.00 bits per heavy atom. The van der Waals surface area contributed by atoms with Gasteiger partial charge in [-0.2, -0.15) is 0 Å². The van der Waals surface area contributed by atoms with Crippen molar-refractivity contribution >= 4 is 10.9 Å². The molecule has 0 aliphatic carbocycles. The average Bonchev–Trinajstić information content (AvgIpc) is 2.82. The summed E-state index contributed by atoms with van der Waals surface area (Å²) in [5.74, 6) is 0.926. The first-order valence-corrected chi connectivity index (χ1v) is 6.56. The predicted molar refractivity (Wildman–Crippen MR) is 78.6 cm³/mol. The van der Waals surface area contributed by atoms with Crippen LogP contribution >= 0.6 is 0 Å². The lowest BCUT2D eigenvalue weighted by Crippen LogP contribution is -2.06. The number of ether oxygens (including phenoxy) is 1. The second-order valence-corrected chi connectivity index (χ2v) is 4.73. The van der Waals surface area contributed by atoms with Gasteiger partial charge in [-0.3, -0.25) is 0 Å². The van der Waals surface area contributed by atoms with Crippen LogP contribution < -0.4 is 4.74 Å². The fourth-order valence-electron chi connectivity index (χ4n) is 2.29. The first-order chi connectivity index (χ1) is 9.33. The van der Waals surface area contributed by atoms with Gasteiger partial charge in [-0.15, -0.1) is 0 Å². The van der Waals surface area contributed by atoms with Crippen LogP contribution in [0.1, 0.15) is 5.56 Å². The number of hydrogen-bond acceptors (Lipinski definition) is 1. The van der Waals surface area contributed by atoms with Gasteiger partial charge >= 0.3 is 0 Å². The zero-order valence-electron chi connectivity index (χ0n) is 11.0. The van der Waals surface area contributed by atoms with Crippen molar-refractivity contribution in [3.8, 4) is 5.75 Å². The lowest BCUT2D eigenvalue weighted by molar-refractivity contribution is 0.300. The molecular weight excluding hydrogens is 234 g/mol. The van der Waals surface area contributed by atoms with Crippen LogP contribution in [0.2, 0.25) is 0 Å². The van der Waals surface area contributed by atoms with E-state index in [9.17, 15) is 0 Å². The van der Waals surface area contributed by atoms with E-state index < -0.39 is 0 Å². The highest BCUT2D eigenvalue weighted by Crippen LogP contribution is 2.17. The minimum atomic E-state index is 0.682. The van der Waals surface area contributed by atoms with Crippen molar-refractivity contribution in [2.24, 2.45) is 0 Å². The van der Waals surface area contributed by atoms with Crippen LogP contribution in [-0.2, 0) is 6.54 Å². The van der Waals surface area contributed by atoms with Crippen molar-refractivity contribution in [2.75, 3.05) is 6.61 Å². The number of hydrogen-bond donors (Lipinski definition) is 0. The number of para-hydroxylation sites is 1. The zero-order valence-corrected chi connectivity index (χ0v) is 11.0. The van der Waals surface area contributed by atoms with Crippen LogP contribution in [0.5, 0.6) is 5.75 Å². The van der Waals surface area contributed by atoms with Crippen LogP contribution in [-0.4, -0.2) is 11.2 Å². The highest BCUT2D eigenvalue weighted by Gasteiger charge is 2.01. The van der Waals surface area contributed by atoms with Crippen molar-refractivity contribution in [2.45, 2.75) is 13.5 Å². The lowest BCUT2D eigenvalue weighted by Gasteiger charge is -2.08. The van der Waals surface area contributed by atoms with Gasteiger partial charge in [-0.05, 0) is 42.6 Å². The molecule has 2 heteroatoms. The van der Waals surface area contributed by atoms with E-state index >= 15 is 0 Å². The molecule has 3 rings (SSSR count). The van der Waals surface area contributed by atoms with Gasteiger partial charge in [0.15, 0.2) is 0 Å². The molecule has 1 heterocycles. The SMILES string of the molecule is Cc1ccc2c(ccn2CCOc2ccccc2)c1. The minimum absolute atomic E-state index is 0.682. The van der Waals surface area contributed by atoms with Gasteiger partial charge < -0.3 is 9.30 Å². The van der Waals surface area contributed by atoms with E-state index in [2.05, 4.69) is 42.0 Å². The normalized spacial score (nSPS) is 10.8. The molecule has 0 amide bonds. The summed E-state index contributed by atoms with van der Waals surface area (Å²) in [7, 11) is 0. The number of aryl methyl sites for hydroxylation is 1. The first kappa shape index (κ1) is 11.8. The maximum absolute atomic E-state index is 5.73. The fraction of sp³-hybridized carbons (Fsp3) is 0.176. The summed E-state index contributed by atoms with van der Waals surface area (Å²) in [5.41, 5.74) is 2.56. The number of nitrogens with zero attached hydrogens (tertiary/aromatic N) is 1. The molecule has 2 nitrogen and oxygen atoms in total. The summed E-state index contributed by atoms with van der Waals surface area (Å²) in [5, 5.41) is 1.29. The van der Waals surface area contributed by atoms with E-state index in [0.717, 1.165) is 12.3 Å². The quantitative estimate of drug-likeness (QED) is 0.683. The molecule has 1 aromatic heterocycles.